The summed E-state index contributed by atoms with van der Waals surface area (Å²) in [5.74, 6) is 0.143. The van der Waals surface area contributed by atoms with Gasteiger partial charge in [0.1, 0.15) is 0 Å². The summed E-state index contributed by atoms with van der Waals surface area (Å²) in [6.07, 6.45) is 0.528. The Kier molecular flexibility index (Phi) is 2.74. The Morgan fingerprint density at radius 3 is 2.79 bits per heavy atom. The molecule has 1 amide bonds. The van der Waals surface area contributed by atoms with Crippen molar-refractivity contribution in [2.24, 2.45) is 0 Å². The van der Waals surface area contributed by atoms with Crippen LogP contribution >= 0.6 is 25.3 Å². The second kappa shape index (κ2) is 3.87. The molecule has 1 unspecified atom stereocenters. The Morgan fingerprint density at radius 2 is 2.21 bits per heavy atom. The van der Waals surface area contributed by atoms with E-state index in [1.54, 1.807) is 4.90 Å². The zero-order valence-electron chi connectivity index (χ0n) is 7.55. The zero-order valence-corrected chi connectivity index (χ0v) is 9.34. The molecule has 1 heterocycles. The molecule has 0 aliphatic carbocycles. The first kappa shape index (κ1) is 9.93. The Hall–Kier alpha value is -0.610. The van der Waals surface area contributed by atoms with E-state index in [9.17, 15) is 4.79 Å². The van der Waals surface area contributed by atoms with Crippen LogP contribution in [-0.4, -0.2) is 17.7 Å². The van der Waals surface area contributed by atoms with Crippen LogP contribution < -0.4 is 4.90 Å². The Bertz CT molecular complexity index is 367. The molecule has 0 aromatic heterocycles. The van der Waals surface area contributed by atoms with Crippen molar-refractivity contribution in [1.29, 1.82) is 0 Å². The molecule has 0 radical (unpaired) electrons. The average Bonchev–Trinajstić information content (AvgIpc) is 2.45. The molecule has 0 spiro atoms. The van der Waals surface area contributed by atoms with E-state index in [2.05, 4.69) is 25.3 Å². The first-order valence-electron chi connectivity index (χ1n) is 4.44. The van der Waals surface area contributed by atoms with Gasteiger partial charge in [-0.2, -0.15) is 12.6 Å². The number of rotatable bonds is 1. The van der Waals surface area contributed by atoms with Crippen LogP contribution in [0.25, 0.3) is 0 Å². The topological polar surface area (TPSA) is 20.3 Å². The molecule has 74 valence electrons. The van der Waals surface area contributed by atoms with E-state index in [1.165, 1.54) is 0 Å². The quantitative estimate of drug-likeness (QED) is 0.701. The van der Waals surface area contributed by atoms with Crippen molar-refractivity contribution < 1.29 is 4.79 Å². The molecule has 1 fully saturated rings. The highest BCUT2D eigenvalue weighted by atomic mass is 32.1. The van der Waals surface area contributed by atoms with Crippen molar-refractivity contribution in [1.82, 2.24) is 0 Å². The van der Waals surface area contributed by atoms with Gasteiger partial charge in [-0.25, -0.2) is 0 Å². The monoisotopic (exact) mass is 225 g/mol. The lowest BCUT2D eigenvalue weighted by molar-refractivity contribution is -0.117. The van der Waals surface area contributed by atoms with Crippen molar-refractivity contribution >= 4 is 36.9 Å². The molecular weight excluding hydrogens is 214 g/mol. The van der Waals surface area contributed by atoms with Crippen molar-refractivity contribution in [2.75, 3.05) is 11.4 Å². The maximum atomic E-state index is 11.5. The fourth-order valence-electron chi connectivity index (χ4n) is 1.60. The number of thiol groups is 2. The number of nitrogens with zero attached hydrogens (tertiary/aromatic N) is 1. The molecule has 1 aliphatic heterocycles. The molecule has 4 heteroatoms. The highest BCUT2D eigenvalue weighted by Gasteiger charge is 2.28. The molecule has 1 aromatic rings. The average molecular weight is 225 g/mol. The van der Waals surface area contributed by atoms with Gasteiger partial charge in [-0.15, -0.1) is 12.6 Å². The van der Waals surface area contributed by atoms with Gasteiger partial charge in [0, 0.05) is 28.8 Å². The fourth-order valence-corrected chi connectivity index (χ4v) is 2.14. The highest BCUT2D eigenvalue weighted by Crippen LogP contribution is 2.25. The van der Waals surface area contributed by atoms with Crippen molar-refractivity contribution in [2.45, 2.75) is 16.6 Å². The summed E-state index contributed by atoms with van der Waals surface area (Å²) in [5.41, 5.74) is 0.916. The summed E-state index contributed by atoms with van der Waals surface area (Å²) >= 11 is 8.55. The molecule has 14 heavy (non-hydrogen) atoms. The van der Waals surface area contributed by atoms with E-state index in [1.807, 2.05) is 24.3 Å². The number of carbonyl (C=O) groups is 1. The van der Waals surface area contributed by atoms with Gasteiger partial charge in [0.2, 0.25) is 5.91 Å². The van der Waals surface area contributed by atoms with Gasteiger partial charge in [0.25, 0.3) is 0 Å². The van der Waals surface area contributed by atoms with Gasteiger partial charge in [-0.05, 0) is 18.2 Å². The first-order chi connectivity index (χ1) is 6.66. The summed E-state index contributed by atoms with van der Waals surface area (Å²) in [5, 5.41) is 0.158. The molecule has 0 saturated carbocycles. The van der Waals surface area contributed by atoms with E-state index in [0.29, 0.717) is 13.0 Å². The maximum Gasteiger partial charge on any atom is 0.228 e. The van der Waals surface area contributed by atoms with Gasteiger partial charge in [-0.3, -0.25) is 4.79 Å². The van der Waals surface area contributed by atoms with Gasteiger partial charge >= 0.3 is 0 Å². The van der Waals surface area contributed by atoms with Gasteiger partial charge in [0.15, 0.2) is 0 Å². The molecule has 1 aromatic carbocycles. The van der Waals surface area contributed by atoms with Crippen LogP contribution in [0, 0.1) is 0 Å². The number of benzene rings is 1. The van der Waals surface area contributed by atoms with Crippen LogP contribution in [0.4, 0.5) is 5.69 Å². The largest absolute Gasteiger partial charge is 0.311 e. The predicted octanol–water partition coefficient (Wildman–Crippen LogP) is 2.01. The Balaban J connectivity index is 2.27. The van der Waals surface area contributed by atoms with Crippen LogP contribution in [0.3, 0.4) is 0 Å². The molecular formula is C10H11NOS2. The summed E-state index contributed by atoms with van der Waals surface area (Å²) in [6, 6.07) is 7.61. The predicted molar refractivity (Wildman–Crippen MR) is 63.4 cm³/mol. The SMILES string of the molecule is O=C1CC(S)CN1c1cccc(S)c1. The smallest absolute Gasteiger partial charge is 0.228 e. The van der Waals surface area contributed by atoms with Gasteiger partial charge in [0.05, 0.1) is 0 Å². The summed E-state index contributed by atoms with van der Waals surface area (Å²) in [7, 11) is 0. The number of carbonyl (C=O) groups excluding carboxylic acids is 1. The van der Waals surface area contributed by atoms with Crippen LogP contribution in [0.15, 0.2) is 29.2 Å². The van der Waals surface area contributed by atoms with Gasteiger partial charge < -0.3 is 4.90 Å². The van der Waals surface area contributed by atoms with Crippen molar-refractivity contribution in [3.8, 4) is 0 Å². The van der Waals surface area contributed by atoms with E-state index < -0.39 is 0 Å². The third-order valence-electron chi connectivity index (χ3n) is 2.25. The minimum absolute atomic E-state index is 0.143. The number of amides is 1. The van der Waals surface area contributed by atoms with E-state index in [0.717, 1.165) is 10.6 Å². The summed E-state index contributed by atoms with van der Waals surface area (Å²) in [4.78, 5) is 14.2. The summed E-state index contributed by atoms with van der Waals surface area (Å²) < 4.78 is 0. The minimum atomic E-state index is 0.143. The Labute approximate surface area is 94.1 Å². The zero-order chi connectivity index (χ0) is 10.1. The molecule has 1 aliphatic rings. The lowest BCUT2D eigenvalue weighted by atomic mass is 10.3. The normalized spacial score (nSPS) is 21.7. The van der Waals surface area contributed by atoms with E-state index in [4.69, 9.17) is 0 Å². The molecule has 0 bridgehead atoms. The van der Waals surface area contributed by atoms with Crippen molar-refractivity contribution in [3.05, 3.63) is 24.3 Å². The third kappa shape index (κ3) is 1.91. The number of hydrogen-bond acceptors (Lipinski definition) is 3. The second-order valence-corrected chi connectivity index (χ2v) is 4.63. The van der Waals surface area contributed by atoms with E-state index >= 15 is 0 Å². The van der Waals surface area contributed by atoms with E-state index in [-0.39, 0.29) is 11.2 Å². The molecule has 1 saturated heterocycles. The first-order valence-corrected chi connectivity index (χ1v) is 5.40. The number of hydrogen-bond donors (Lipinski definition) is 2. The van der Waals surface area contributed by atoms with Crippen LogP contribution in [0.5, 0.6) is 0 Å². The number of anilines is 1. The molecule has 1 atom stereocenters. The van der Waals surface area contributed by atoms with Crippen molar-refractivity contribution in [3.63, 3.8) is 0 Å². The molecule has 2 rings (SSSR count). The molecule has 0 N–H and O–H groups in total. The maximum absolute atomic E-state index is 11.5. The van der Waals surface area contributed by atoms with Crippen LogP contribution in [-0.2, 0) is 4.79 Å². The molecule has 2 nitrogen and oxygen atoms in total. The lowest BCUT2D eigenvalue weighted by Gasteiger charge is -2.16. The third-order valence-corrected chi connectivity index (χ3v) is 2.87. The van der Waals surface area contributed by atoms with Crippen LogP contribution in [0.1, 0.15) is 6.42 Å². The van der Waals surface area contributed by atoms with Gasteiger partial charge in [-0.1, -0.05) is 6.07 Å². The standard InChI is InChI=1S/C10H11NOS2/c12-10-5-9(14)6-11(10)7-2-1-3-8(13)4-7/h1-4,9,13-14H,5-6H2. The second-order valence-electron chi connectivity index (χ2n) is 3.38. The van der Waals surface area contributed by atoms with Crippen LogP contribution in [0.2, 0.25) is 0 Å². The summed E-state index contributed by atoms with van der Waals surface area (Å²) in [6.45, 7) is 0.694. The Morgan fingerprint density at radius 1 is 1.43 bits per heavy atom. The highest BCUT2D eigenvalue weighted by molar-refractivity contribution is 7.81. The minimum Gasteiger partial charge on any atom is -0.311 e. The lowest BCUT2D eigenvalue weighted by Crippen LogP contribution is -2.24. The fraction of sp³-hybridized carbons (Fsp3) is 0.300.